The lowest BCUT2D eigenvalue weighted by molar-refractivity contribution is -0.123. The highest BCUT2D eigenvalue weighted by Crippen LogP contribution is 2.29. The maximum absolute atomic E-state index is 14.0. The Morgan fingerprint density at radius 1 is 0.926 bits per heavy atom. The lowest BCUT2D eigenvalue weighted by Crippen LogP contribution is -2.52. The molecule has 0 unspecified atom stereocenters. The van der Waals surface area contributed by atoms with Crippen LogP contribution in [0.1, 0.15) is 6.42 Å². The van der Waals surface area contributed by atoms with E-state index >= 15 is 0 Å². The third-order valence-electron chi connectivity index (χ3n) is 5.19. The second-order valence-electron chi connectivity index (χ2n) is 6.78. The van der Waals surface area contributed by atoms with Gasteiger partial charge in [-0.3, -0.25) is 14.5 Å². The van der Waals surface area contributed by atoms with E-state index in [2.05, 4.69) is 4.90 Å². The Balaban J connectivity index is 1.45. The number of halogens is 1. The summed E-state index contributed by atoms with van der Waals surface area (Å²) < 4.78 is 14.0. The largest absolute Gasteiger partial charge is 0.508 e. The van der Waals surface area contributed by atoms with Crippen LogP contribution in [-0.2, 0) is 9.59 Å². The van der Waals surface area contributed by atoms with Crippen molar-refractivity contribution in [3.05, 3.63) is 54.3 Å². The number of carbonyl (C=O) groups is 2. The fourth-order valence-corrected chi connectivity index (χ4v) is 3.74. The van der Waals surface area contributed by atoms with Crippen LogP contribution in [0, 0.1) is 5.82 Å². The maximum Gasteiger partial charge on any atom is 0.251 e. The van der Waals surface area contributed by atoms with Gasteiger partial charge in [-0.15, -0.1) is 0 Å². The van der Waals surface area contributed by atoms with Gasteiger partial charge in [0.1, 0.15) is 11.6 Å². The van der Waals surface area contributed by atoms with Crippen LogP contribution in [0.25, 0.3) is 0 Å². The number of para-hydroxylation sites is 1. The summed E-state index contributed by atoms with van der Waals surface area (Å²) in [6.07, 6.45) is 0.0758. The van der Waals surface area contributed by atoms with Crippen molar-refractivity contribution in [2.45, 2.75) is 12.5 Å². The van der Waals surface area contributed by atoms with Gasteiger partial charge in [-0.25, -0.2) is 9.29 Å². The van der Waals surface area contributed by atoms with Gasteiger partial charge in [0.15, 0.2) is 0 Å². The summed E-state index contributed by atoms with van der Waals surface area (Å²) in [7, 11) is 0. The second-order valence-corrected chi connectivity index (χ2v) is 6.78. The minimum absolute atomic E-state index is 0.0257. The Kier molecular flexibility index (Phi) is 4.53. The molecule has 2 saturated heterocycles. The summed E-state index contributed by atoms with van der Waals surface area (Å²) in [6.45, 7) is 2.69. The number of aromatic hydroxyl groups is 1. The lowest BCUT2D eigenvalue weighted by atomic mass is 10.1. The van der Waals surface area contributed by atoms with Gasteiger partial charge in [0.05, 0.1) is 18.2 Å². The number of nitrogens with zero attached hydrogens (tertiary/aromatic N) is 3. The van der Waals surface area contributed by atoms with Gasteiger partial charge in [0.25, 0.3) is 5.91 Å². The molecule has 2 aromatic rings. The van der Waals surface area contributed by atoms with E-state index in [1.54, 1.807) is 18.2 Å². The van der Waals surface area contributed by atoms with Crippen LogP contribution in [0.15, 0.2) is 48.5 Å². The highest BCUT2D eigenvalue weighted by atomic mass is 19.1. The molecular formula is C20H20FN3O3. The highest BCUT2D eigenvalue weighted by molar-refractivity contribution is 6.22. The number of hydrogen-bond donors (Lipinski definition) is 1. The average molecular weight is 369 g/mol. The summed E-state index contributed by atoms with van der Waals surface area (Å²) in [4.78, 5) is 30.3. The minimum Gasteiger partial charge on any atom is -0.508 e. The molecule has 4 rings (SSSR count). The maximum atomic E-state index is 14.0. The van der Waals surface area contributed by atoms with E-state index < -0.39 is 11.9 Å². The zero-order chi connectivity index (χ0) is 19.0. The monoisotopic (exact) mass is 369 g/mol. The summed E-state index contributed by atoms with van der Waals surface area (Å²) in [5.41, 5.74) is 1.03. The van der Waals surface area contributed by atoms with Crippen molar-refractivity contribution in [2.75, 3.05) is 36.0 Å². The predicted molar refractivity (Wildman–Crippen MR) is 99.2 cm³/mol. The van der Waals surface area contributed by atoms with E-state index in [0.717, 1.165) is 10.6 Å². The number of carbonyl (C=O) groups excluding carboxylic acids is 2. The number of imide groups is 1. The van der Waals surface area contributed by atoms with Gasteiger partial charge in [0.2, 0.25) is 5.91 Å². The third kappa shape index (κ3) is 3.26. The first kappa shape index (κ1) is 17.5. The fourth-order valence-electron chi connectivity index (χ4n) is 3.74. The van der Waals surface area contributed by atoms with Crippen molar-refractivity contribution in [1.29, 1.82) is 0 Å². The van der Waals surface area contributed by atoms with Crippen molar-refractivity contribution >= 4 is 23.2 Å². The van der Waals surface area contributed by atoms with E-state index in [0.29, 0.717) is 26.2 Å². The molecule has 2 aromatic carbocycles. The van der Waals surface area contributed by atoms with Crippen molar-refractivity contribution in [1.82, 2.24) is 4.90 Å². The van der Waals surface area contributed by atoms with Crippen LogP contribution in [0.4, 0.5) is 15.8 Å². The van der Waals surface area contributed by atoms with E-state index in [1.807, 2.05) is 17.0 Å². The summed E-state index contributed by atoms with van der Waals surface area (Å²) in [5, 5.41) is 9.41. The van der Waals surface area contributed by atoms with Crippen molar-refractivity contribution < 1.29 is 19.1 Å². The number of benzene rings is 2. The summed E-state index contributed by atoms with van der Waals surface area (Å²) in [5.74, 6) is -1.07. The van der Waals surface area contributed by atoms with Gasteiger partial charge in [0, 0.05) is 31.9 Å². The normalized spacial score (nSPS) is 21.1. The molecule has 7 heteroatoms. The van der Waals surface area contributed by atoms with Crippen LogP contribution in [0.2, 0.25) is 0 Å². The first-order valence-electron chi connectivity index (χ1n) is 8.94. The van der Waals surface area contributed by atoms with Crippen LogP contribution >= 0.6 is 0 Å². The van der Waals surface area contributed by atoms with Crippen LogP contribution in [0.5, 0.6) is 5.75 Å². The molecule has 2 fully saturated rings. The SMILES string of the molecule is O=C1C[C@@H](N2CCN(c3ccc(O)cc3)CC2)C(=O)N1c1ccccc1F. The highest BCUT2D eigenvalue weighted by Gasteiger charge is 2.44. The predicted octanol–water partition coefficient (Wildman–Crippen LogP) is 1.99. The number of rotatable bonds is 3. The summed E-state index contributed by atoms with van der Waals surface area (Å²) in [6, 6.07) is 12.3. The van der Waals surface area contributed by atoms with Gasteiger partial charge in [-0.1, -0.05) is 12.1 Å². The van der Waals surface area contributed by atoms with Crippen LogP contribution < -0.4 is 9.80 Å². The number of phenols is 1. The van der Waals surface area contributed by atoms with E-state index in [-0.39, 0.29) is 29.7 Å². The standard InChI is InChI=1S/C20H20FN3O3/c21-16-3-1-2-4-17(16)24-19(26)13-18(20(24)27)23-11-9-22(10-12-23)14-5-7-15(25)8-6-14/h1-8,18,25H,9-13H2/t18-/m1/s1. The quantitative estimate of drug-likeness (QED) is 0.839. The number of anilines is 2. The molecule has 0 aliphatic carbocycles. The zero-order valence-electron chi connectivity index (χ0n) is 14.7. The Bertz CT molecular complexity index is 863. The Morgan fingerprint density at radius 3 is 2.26 bits per heavy atom. The second kappa shape index (κ2) is 7.00. The van der Waals surface area contributed by atoms with Crippen molar-refractivity contribution in [3.8, 4) is 5.75 Å². The molecule has 140 valence electrons. The topological polar surface area (TPSA) is 64.1 Å². The molecule has 27 heavy (non-hydrogen) atoms. The number of amides is 2. The molecule has 2 aliphatic heterocycles. The molecule has 0 bridgehead atoms. The molecule has 1 atom stereocenters. The summed E-state index contributed by atoms with van der Waals surface area (Å²) >= 11 is 0. The molecular weight excluding hydrogens is 349 g/mol. The third-order valence-corrected chi connectivity index (χ3v) is 5.19. The molecule has 0 saturated carbocycles. The van der Waals surface area contributed by atoms with E-state index in [1.165, 1.54) is 18.2 Å². The average Bonchev–Trinajstić information content (AvgIpc) is 2.97. The molecule has 6 nitrogen and oxygen atoms in total. The Hall–Kier alpha value is -2.93. The van der Waals surface area contributed by atoms with Crippen LogP contribution in [-0.4, -0.2) is 54.0 Å². The molecule has 2 heterocycles. The first-order chi connectivity index (χ1) is 13.0. The fraction of sp³-hybridized carbons (Fsp3) is 0.300. The van der Waals surface area contributed by atoms with Gasteiger partial charge in [-0.2, -0.15) is 0 Å². The molecule has 1 N–H and O–H groups in total. The Morgan fingerprint density at radius 2 is 1.59 bits per heavy atom. The Labute approximate surface area is 156 Å². The van der Waals surface area contributed by atoms with Gasteiger partial charge < -0.3 is 10.0 Å². The smallest absolute Gasteiger partial charge is 0.251 e. The molecule has 2 aliphatic rings. The number of phenolic OH excluding ortho intramolecular Hbond substituents is 1. The molecule has 0 aromatic heterocycles. The molecule has 0 spiro atoms. The first-order valence-corrected chi connectivity index (χ1v) is 8.94. The minimum atomic E-state index is -0.572. The van der Waals surface area contributed by atoms with E-state index in [4.69, 9.17) is 0 Å². The number of hydrogen-bond acceptors (Lipinski definition) is 5. The van der Waals surface area contributed by atoms with Crippen molar-refractivity contribution in [3.63, 3.8) is 0 Å². The number of piperazine rings is 1. The van der Waals surface area contributed by atoms with Gasteiger partial charge in [-0.05, 0) is 36.4 Å². The molecule has 0 radical (unpaired) electrons. The van der Waals surface area contributed by atoms with Gasteiger partial charge >= 0.3 is 0 Å². The lowest BCUT2D eigenvalue weighted by Gasteiger charge is -2.38. The van der Waals surface area contributed by atoms with E-state index in [9.17, 15) is 19.1 Å². The van der Waals surface area contributed by atoms with Crippen molar-refractivity contribution in [2.24, 2.45) is 0 Å². The molecule has 2 amide bonds. The van der Waals surface area contributed by atoms with Crippen LogP contribution in [0.3, 0.4) is 0 Å². The zero-order valence-corrected chi connectivity index (χ0v) is 14.7.